The molecule has 0 spiro atoms. The number of aromatic nitrogens is 2. The number of rotatable bonds is 3. The number of fused-ring (bicyclic) bond motifs is 2. The van der Waals surface area contributed by atoms with Crippen molar-refractivity contribution in [2.75, 3.05) is 25.0 Å². The summed E-state index contributed by atoms with van der Waals surface area (Å²) in [5.74, 6) is -1.62. The molecule has 0 saturated carbocycles. The Morgan fingerprint density at radius 2 is 1.94 bits per heavy atom. The summed E-state index contributed by atoms with van der Waals surface area (Å²) in [6.07, 6.45) is 4.36. The molecule has 2 aromatic heterocycles. The zero-order valence-electron chi connectivity index (χ0n) is 19.6. The molecule has 4 heterocycles. The van der Waals surface area contributed by atoms with Gasteiger partial charge < -0.3 is 19.5 Å². The van der Waals surface area contributed by atoms with Crippen LogP contribution in [0.15, 0.2) is 53.8 Å². The van der Waals surface area contributed by atoms with Gasteiger partial charge in [0.05, 0.1) is 6.61 Å². The lowest BCUT2D eigenvalue weighted by atomic mass is 10.1. The predicted octanol–water partition coefficient (Wildman–Crippen LogP) is 1.93. The molecule has 2 atom stereocenters. The molecule has 12 heteroatoms. The molecule has 1 fully saturated rings. The van der Waals surface area contributed by atoms with Gasteiger partial charge in [-0.25, -0.2) is 17.5 Å². The van der Waals surface area contributed by atoms with Gasteiger partial charge in [-0.15, -0.1) is 0 Å². The summed E-state index contributed by atoms with van der Waals surface area (Å²) in [5.41, 5.74) is 1.19. The molecular weight excluding hydrogens is 489 g/mol. The third-order valence-corrected chi connectivity index (χ3v) is 7.91. The molecule has 10 nitrogen and oxygen atoms in total. The molecule has 2 amide bonds. The van der Waals surface area contributed by atoms with E-state index < -0.39 is 27.8 Å². The minimum absolute atomic E-state index is 0.0125. The summed E-state index contributed by atoms with van der Waals surface area (Å²) < 4.78 is 50.2. The second kappa shape index (κ2) is 9.03. The van der Waals surface area contributed by atoms with Crippen molar-refractivity contribution >= 4 is 27.5 Å². The Morgan fingerprint density at radius 1 is 1.19 bits per heavy atom. The number of anilines is 1. The van der Waals surface area contributed by atoms with Gasteiger partial charge in [0.1, 0.15) is 10.7 Å². The first-order chi connectivity index (χ1) is 17.1. The van der Waals surface area contributed by atoms with Crippen molar-refractivity contribution < 1.29 is 27.1 Å². The fourth-order valence-electron chi connectivity index (χ4n) is 4.55. The molecule has 5 rings (SSSR count). The van der Waals surface area contributed by atoms with Crippen LogP contribution in [0.4, 0.5) is 10.1 Å². The van der Waals surface area contributed by atoms with E-state index in [1.165, 1.54) is 41.4 Å². The molecule has 0 bridgehead atoms. The van der Waals surface area contributed by atoms with Crippen LogP contribution >= 0.6 is 0 Å². The van der Waals surface area contributed by atoms with E-state index in [-0.39, 0.29) is 47.9 Å². The number of ether oxygens (including phenoxy) is 1. The van der Waals surface area contributed by atoms with Crippen molar-refractivity contribution in [2.24, 2.45) is 13.0 Å². The quantitative estimate of drug-likeness (QED) is 0.552. The molecule has 188 valence electrons. The van der Waals surface area contributed by atoms with Gasteiger partial charge >= 0.3 is 0 Å². The average Bonchev–Trinajstić information content (AvgIpc) is 3.39. The van der Waals surface area contributed by atoms with E-state index in [1.54, 1.807) is 31.0 Å². The number of pyridine rings is 1. The lowest BCUT2D eigenvalue weighted by Gasteiger charge is -2.23. The van der Waals surface area contributed by atoms with Gasteiger partial charge in [-0.05, 0) is 42.8 Å². The molecule has 1 saturated heterocycles. The highest BCUT2D eigenvalue weighted by Crippen LogP contribution is 2.35. The maximum atomic E-state index is 13.6. The highest BCUT2D eigenvalue weighted by molar-refractivity contribution is 7.89. The minimum Gasteiger partial charge on any atom is -0.489 e. The van der Waals surface area contributed by atoms with Gasteiger partial charge in [0, 0.05) is 61.9 Å². The smallest absolute Gasteiger partial charge is 0.276 e. The van der Waals surface area contributed by atoms with E-state index in [0.29, 0.717) is 16.8 Å². The van der Waals surface area contributed by atoms with E-state index >= 15 is 0 Å². The number of aryl methyl sites for hydroxylation is 2. The van der Waals surface area contributed by atoms with Gasteiger partial charge in [-0.3, -0.25) is 14.6 Å². The van der Waals surface area contributed by atoms with Gasteiger partial charge in [-0.2, -0.15) is 0 Å². The Hall–Kier alpha value is -3.77. The van der Waals surface area contributed by atoms with Crippen LogP contribution in [0, 0.1) is 18.7 Å². The molecule has 2 N–H and O–H groups in total. The van der Waals surface area contributed by atoms with Crippen LogP contribution in [0.1, 0.15) is 26.4 Å². The number of hydrogen-bond acceptors (Lipinski definition) is 6. The van der Waals surface area contributed by atoms with Crippen molar-refractivity contribution in [2.45, 2.75) is 17.9 Å². The summed E-state index contributed by atoms with van der Waals surface area (Å²) in [4.78, 5) is 31.4. The van der Waals surface area contributed by atoms with Gasteiger partial charge in [-0.1, -0.05) is 0 Å². The number of carbonyl (C=O) groups excluding carboxylic acids is 2. The normalized spacial score (nSPS) is 20.5. The first-order valence-electron chi connectivity index (χ1n) is 11.3. The molecule has 2 unspecified atom stereocenters. The fourth-order valence-corrected chi connectivity index (χ4v) is 6.04. The number of amides is 2. The largest absolute Gasteiger partial charge is 0.489 e. The van der Waals surface area contributed by atoms with Crippen LogP contribution in [0.3, 0.4) is 0 Å². The number of hydrogen-bond donors (Lipinski definition) is 2. The number of nitrogens with one attached hydrogen (secondary N) is 2. The van der Waals surface area contributed by atoms with Crippen molar-refractivity contribution in [3.63, 3.8) is 0 Å². The number of halogens is 1. The number of sulfonamides is 1. The number of likely N-dealkylation sites (tertiary alicyclic amines) is 1. The van der Waals surface area contributed by atoms with Crippen LogP contribution in [0.5, 0.6) is 5.75 Å². The Labute approximate surface area is 207 Å². The van der Waals surface area contributed by atoms with Crippen molar-refractivity contribution in [1.82, 2.24) is 19.2 Å². The zero-order valence-corrected chi connectivity index (χ0v) is 20.4. The van der Waals surface area contributed by atoms with Crippen molar-refractivity contribution in [3.8, 4) is 5.75 Å². The lowest BCUT2D eigenvalue weighted by molar-refractivity contribution is 0.0782. The van der Waals surface area contributed by atoms with Gasteiger partial charge in [0.15, 0.2) is 11.4 Å². The van der Waals surface area contributed by atoms with Crippen LogP contribution in [0.25, 0.3) is 0 Å². The Bertz CT molecular complexity index is 1460. The second-order valence-corrected chi connectivity index (χ2v) is 10.6. The predicted molar refractivity (Wildman–Crippen MR) is 128 cm³/mol. The third kappa shape index (κ3) is 4.33. The van der Waals surface area contributed by atoms with Gasteiger partial charge in [0.25, 0.3) is 11.8 Å². The van der Waals surface area contributed by atoms with E-state index in [1.807, 2.05) is 0 Å². The van der Waals surface area contributed by atoms with Crippen LogP contribution in [-0.2, 0) is 17.1 Å². The molecular formula is C24H24FN5O5S. The third-order valence-electron chi connectivity index (χ3n) is 6.43. The summed E-state index contributed by atoms with van der Waals surface area (Å²) in [7, 11) is -2.52. The first-order valence-corrected chi connectivity index (χ1v) is 12.7. The fraction of sp³-hybridized carbons (Fsp3) is 0.292. The van der Waals surface area contributed by atoms with Gasteiger partial charge in [0.2, 0.25) is 10.0 Å². The molecule has 2 aliphatic rings. The number of benzene rings is 1. The monoisotopic (exact) mass is 513 g/mol. The van der Waals surface area contributed by atoms with E-state index in [9.17, 15) is 22.4 Å². The number of nitrogens with zero attached hydrogens (tertiary/aromatic N) is 3. The van der Waals surface area contributed by atoms with E-state index in [4.69, 9.17) is 4.74 Å². The van der Waals surface area contributed by atoms with E-state index in [0.717, 1.165) is 0 Å². The first kappa shape index (κ1) is 23.9. The maximum absolute atomic E-state index is 13.6. The maximum Gasteiger partial charge on any atom is 0.276 e. The summed E-state index contributed by atoms with van der Waals surface area (Å²) >= 11 is 0. The topological polar surface area (TPSA) is 123 Å². The highest BCUT2D eigenvalue weighted by atomic mass is 32.2. The summed E-state index contributed by atoms with van der Waals surface area (Å²) in [5, 5.41) is 2.67. The summed E-state index contributed by atoms with van der Waals surface area (Å²) in [6.45, 7) is 2.14. The molecule has 0 aliphatic carbocycles. The zero-order chi connectivity index (χ0) is 25.6. The highest BCUT2D eigenvalue weighted by Gasteiger charge is 2.42. The molecule has 36 heavy (non-hydrogen) atoms. The Balaban J connectivity index is 1.41. The van der Waals surface area contributed by atoms with Crippen molar-refractivity contribution in [3.05, 3.63) is 71.6 Å². The molecule has 0 radical (unpaired) electrons. The molecule has 3 aromatic rings. The molecule has 1 aromatic carbocycles. The Morgan fingerprint density at radius 3 is 2.67 bits per heavy atom. The van der Waals surface area contributed by atoms with Crippen molar-refractivity contribution in [1.29, 1.82) is 0 Å². The average molecular weight is 514 g/mol. The lowest BCUT2D eigenvalue weighted by Crippen LogP contribution is -2.43. The Kier molecular flexibility index (Phi) is 6.00. The molecule has 2 aliphatic heterocycles. The minimum atomic E-state index is -4.06. The summed E-state index contributed by atoms with van der Waals surface area (Å²) in [6, 6.07) is 6.80. The second-order valence-electron chi connectivity index (χ2n) is 8.94. The van der Waals surface area contributed by atoms with Crippen LogP contribution < -0.4 is 14.8 Å². The SMILES string of the molecule is Cc1cc(NC(=O)c2c3c(cn2C)S(=O)(=O)NC2CN(C(=O)c4ccncc4)CC2CO3)ccc1F. The van der Waals surface area contributed by atoms with E-state index in [2.05, 4.69) is 15.0 Å². The van der Waals surface area contributed by atoms with Crippen LogP contribution in [0.2, 0.25) is 0 Å². The number of carbonyl (C=O) groups is 2. The van der Waals surface area contributed by atoms with Crippen LogP contribution in [-0.4, -0.2) is 60.4 Å². The standard InChI is InChI=1S/C24H24FN5O5S/c1-14-9-17(3-4-18(14)25)27-23(31)21-22-20(12-29(21)2)36(33,34)28-19-11-30(10-16(19)13-35-22)24(32)15-5-7-26-8-6-15/h3-9,12,16,19,28H,10-11,13H2,1-2H3,(H,27,31).